The Morgan fingerprint density at radius 3 is 2.58 bits per heavy atom. The Morgan fingerprint density at radius 2 is 1.96 bits per heavy atom. The molecule has 1 aromatic carbocycles. The predicted octanol–water partition coefficient (Wildman–Crippen LogP) is 4.72. The molecule has 0 bridgehead atoms. The van der Waals surface area contributed by atoms with Crippen LogP contribution in [0.5, 0.6) is 5.75 Å². The molecule has 136 valence electrons. The van der Waals surface area contributed by atoms with Gasteiger partial charge >= 0.3 is 6.36 Å². The number of rotatable bonds is 8. The summed E-state index contributed by atoms with van der Waals surface area (Å²) in [6.07, 6.45) is -3.89. The molecule has 1 atom stereocenters. The third kappa shape index (κ3) is 6.78. The van der Waals surface area contributed by atoms with Crippen LogP contribution in [-0.2, 0) is 0 Å². The van der Waals surface area contributed by atoms with Gasteiger partial charge in [0.05, 0.1) is 18.1 Å². The number of aromatic nitrogens is 2. The molecular weight excluding hydrogens is 387 g/mol. The van der Waals surface area contributed by atoms with Gasteiger partial charge in [-0.3, -0.25) is 0 Å². The molecule has 2 aromatic rings. The molecule has 26 heavy (non-hydrogen) atoms. The zero-order valence-electron chi connectivity index (χ0n) is 13.2. The molecule has 11 heteroatoms. The van der Waals surface area contributed by atoms with E-state index in [-0.39, 0.29) is 11.7 Å². The highest BCUT2D eigenvalue weighted by molar-refractivity contribution is 8.01. The fourth-order valence-corrected chi connectivity index (χ4v) is 3.64. The highest BCUT2D eigenvalue weighted by Gasteiger charge is 2.30. The summed E-state index contributed by atoms with van der Waals surface area (Å²) in [5.74, 6) is -0.0337. The molecule has 2 rings (SSSR count). The van der Waals surface area contributed by atoms with Crippen molar-refractivity contribution in [2.75, 3.05) is 11.1 Å². The average Bonchev–Trinajstić information content (AvgIpc) is 3.03. The van der Waals surface area contributed by atoms with Crippen LogP contribution in [0.2, 0.25) is 0 Å². The predicted molar refractivity (Wildman–Crippen MR) is 91.0 cm³/mol. The maximum atomic E-state index is 12.1. The van der Waals surface area contributed by atoms with Crippen molar-refractivity contribution in [3.8, 4) is 17.9 Å². The van der Waals surface area contributed by atoms with Crippen molar-refractivity contribution in [2.45, 2.75) is 23.5 Å². The fraction of sp³-hybridized carbons (Fsp3) is 0.333. The lowest BCUT2D eigenvalue weighted by atomic mass is 10.1. The first-order valence-corrected chi connectivity index (χ1v) is 9.05. The van der Waals surface area contributed by atoms with Gasteiger partial charge in [-0.15, -0.1) is 23.4 Å². The zero-order chi connectivity index (χ0) is 19.0. The number of thioether (sulfide) groups is 1. The molecule has 1 heterocycles. The molecule has 0 aliphatic carbocycles. The molecule has 0 fully saturated rings. The Labute approximate surface area is 155 Å². The topological polar surface area (TPSA) is 94.6 Å². The summed E-state index contributed by atoms with van der Waals surface area (Å²) in [7, 11) is 0. The van der Waals surface area contributed by atoms with Crippen molar-refractivity contribution in [1.29, 1.82) is 10.5 Å². The van der Waals surface area contributed by atoms with Crippen molar-refractivity contribution in [2.24, 2.45) is 5.92 Å². The van der Waals surface area contributed by atoms with E-state index in [4.69, 9.17) is 10.5 Å². The second-order valence-corrected chi connectivity index (χ2v) is 7.15. The van der Waals surface area contributed by atoms with E-state index in [0.717, 1.165) is 0 Å². The number of ether oxygens (including phenoxy) is 1. The van der Waals surface area contributed by atoms with Gasteiger partial charge in [0.25, 0.3) is 0 Å². The lowest BCUT2D eigenvalue weighted by molar-refractivity contribution is -0.274. The molecule has 1 aromatic heterocycles. The third-order valence-corrected chi connectivity index (χ3v) is 5.08. The van der Waals surface area contributed by atoms with E-state index in [0.29, 0.717) is 33.8 Å². The maximum absolute atomic E-state index is 12.1. The average molecular weight is 399 g/mol. The number of halogens is 3. The van der Waals surface area contributed by atoms with Crippen LogP contribution >= 0.6 is 23.1 Å². The summed E-state index contributed by atoms with van der Waals surface area (Å²) < 4.78 is 40.8. The second-order valence-electron chi connectivity index (χ2n) is 4.90. The number of nitrogens with one attached hydrogen (secondary N) is 1. The smallest absolute Gasteiger partial charge is 0.406 e. The van der Waals surface area contributed by atoms with Crippen LogP contribution in [0, 0.1) is 28.6 Å². The van der Waals surface area contributed by atoms with Gasteiger partial charge in [0, 0.05) is 17.9 Å². The van der Waals surface area contributed by atoms with Crippen LogP contribution in [-0.4, -0.2) is 22.3 Å². The molecule has 6 nitrogen and oxygen atoms in total. The summed E-state index contributed by atoms with van der Waals surface area (Å²) in [4.78, 5) is 0. The third-order valence-electron chi connectivity index (χ3n) is 2.94. The van der Waals surface area contributed by atoms with Crippen molar-refractivity contribution in [3.05, 3.63) is 24.3 Å². The summed E-state index contributed by atoms with van der Waals surface area (Å²) in [5, 5.41) is 28.9. The highest BCUT2D eigenvalue weighted by atomic mass is 32.2. The van der Waals surface area contributed by atoms with E-state index in [1.165, 1.54) is 47.4 Å². The molecule has 0 unspecified atom stereocenters. The van der Waals surface area contributed by atoms with Gasteiger partial charge in [0.2, 0.25) is 5.13 Å². The molecule has 0 saturated heterocycles. The Balaban J connectivity index is 1.88. The molecule has 0 aliphatic rings. The van der Waals surface area contributed by atoms with Gasteiger partial charge in [-0.25, -0.2) is 0 Å². The van der Waals surface area contributed by atoms with Crippen LogP contribution in [0.25, 0.3) is 0 Å². The minimum atomic E-state index is -4.73. The van der Waals surface area contributed by atoms with Crippen LogP contribution in [0.1, 0.15) is 12.8 Å². The van der Waals surface area contributed by atoms with Gasteiger partial charge < -0.3 is 10.1 Å². The van der Waals surface area contributed by atoms with Crippen molar-refractivity contribution >= 4 is 33.9 Å². The number of hydrogen-bond donors (Lipinski definition) is 1. The van der Waals surface area contributed by atoms with Crippen LogP contribution in [0.3, 0.4) is 0 Å². The second kappa shape index (κ2) is 9.27. The monoisotopic (exact) mass is 399 g/mol. The largest absolute Gasteiger partial charge is 0.573 e. The lowest BCUT2D eigenvalue weighted by Gasteiger charge is -2.09. The first-order valence-electron chi connectivity index (χ1n) is 7.25. The Morgan fingerprint density at radius 1 is 1.23 bits per heavy atom. The molecule has 1 N–H and O–H groups in total. The SMILES string of the molecule is N#CCC[C@@H](C#N)CSc1nnc(Nc2ccc(OC(F)(F)F)cc2)s1. The van der Waals surface area contributed by atoms with E-state index in [1.807, 2.05) is 6.07 Å². The number of benzene rings is 1. The number of nitrogens with zero attached hydrogens (tertiary/aromatic N) is 4. The number of hydrogen-bond acceptors (Lipinski definition) is 8. The number of nitriles is 2. The first kappa shape index (κ1) is 19.8. The van der Waals surface area contributed by atoms with Crippen LogP contribution < -0.4 is 10.1 Å². The Hall–Kier alpha value is -2.50. The van der Waals surface area contributed by atoms with Crippen molar-refractivity contribution in [1.82, 2.24) is 10.2 Å². The van der Waals surface area contributed by atoms with Gasteiger partial charge in [0.15, 0.2) is 4.34 Å². The number of anilines is 2. The van der Waals surface area contributed by atoms with Crippen LogP contribution in [0.4, 0.5) is 24.0 Å². The van der Waals surface area contributed by atoms with E-state index in [2.05, 4.69) is 26.3 Å². The zero-order valence-corrected chi connectivity index (χ0v) is 14.8. The molecular formula is C15H12F3N5OS2. The summed E-state index contributed by atoms with van der Waals surface area (Å²) in [5.41, 5.74) is 0.538. The van der Waals surface area contributed by atoms with Gasteiger partial charge in [0.1, 0.15) is 5.75 Å². The normalized spacial score (nSPS) is 12.0. The number of alkyl halides is 3. The van der Waals surface area contributed by atoms with E-state index in [9.17, 15) is 13.2 Å². The highest BCUT2D eigenvalue weighted by Crippen LogP contribution is 2.30. The minimum absolute atomic E-state index is 0.235. The van der Waals surface area contributed by atoms with Crippen molar-refractivity contribution < 1.29 is 17.9 Å². The minimum Gasteiger partial charge on any atom is -0.406 e. The van der Waals surface area contributed by atoms with E-state index < -0.39 is 6.36 Å². The quantitative estimate of drug-likeness (QED) is 0.642. The molecule has 0 spiro atoms. The summed E-state index contributed by atoms with van der Waals surface area (Å²) in [6, 6.07) is 9.42. The van der Waals surface area contributed by atoms with E-state index in [1.54, 1.807) is 0 Å². The molecule has 0 aliphatic heterocycles. The van der Waals surface area contributed by atoms with Crippen molar-refractivity contribution in [3.63, 3.8) is 0 Å². The fourth-order valence-electron chi connectivity index (χ4n) is 1.78. The molecule has 0 radical (unpaired) electrons. The lowest BCUT2D eigenvalue weighted by Crippen LogP contribution is -2.16. The molecule has 0 saturated carbocycles. The van der Waals surface area contributed by atoms with Gasteiger partial charge in [-0.05, 0) is 30.7 Å². The van der Waals surface area contributed by atoms with E-state index >= 15 is 0 Å². The maximum Gasteiger partial charge on any atom is 0.573 e. The van der Waals surface area contributed by atoms with Crippen LogP contribution in [0.15, 0.2) is 28.6 Å². The summed E-state index contributed by atoms with van der Waals surface area (Å²) >= 11 is 2.63. The first-order chi connectivity index (χ1) is 12.4. The Bertz CT molecular complexity index is 795. The molecule has 0 amide bonds. The van der Waals surface area contributed by atoms with Gasteiger partial charge in [-0.2, -0.15) is 10.5 Å². The standard InChI is InChI=1S/C15H12F3N5OS2/c16-15(17,18)24-12-5-3-11(4-6-12)21-13-22-23-14(26-13)25-9-10(8-20)2-1-7-19/h3-6,10H,1-2,9H2,(H,21,22)/t10-/m0/s1. The summed E-state index contributed by atoms with van der Waals surface area (Å²) in [6.45, 7) is 0. The van der Waals surface area contributed by atoms with Gasteiger partial charge in [-0.1, -0.05) is 23.1 Å². The Kier molecular flexibility index (Phi) is 7.06.